The van der Waals surface area contributed by atoms with Gasteiger partial charge in [0.2, 0.25) is 5.91 Å². The summed E-state index contributed by atoms with van der Waals surface area (Å²) in [6.07, 6.45) is 5.25. The number of ether oxygens (including phenoxy) is 1. The van der Waals surface area contributed by atoms with E-state index in [4.69, 9.17) is 4.74 Å². The van der Waals surface area contributed by atoms with E-state index in [0.717, 1.165) is 23.1 Å². The number of carbonyl (C=O) groups excluding carboxylic acids is 2. The predicted octanol–water partition coefficient (Wildman–Crippen LogP) is 2.78. The van der Waals surface area contributed by atoms with Crippen LogP contribution in [0.3, 0.4) is 0 Å². The fourth-order valence-electron chi connectivity index (χ4n) is 3.78. The van der Waals surface area contributed by atoms with Gasteiger partial charge in [-0.05, 0) is 35.2 Å². The fourth-order valence-corrected chi connectivity index (χ4v) is 3.78. The molecule has 29 heavy (non-hydrogen) atoms. The lowest BCUT2D eigenvalue weighted by Crippen LogP contribution is -2.61. The molecule has 6 nitrogen and oxygen atoms in total. The number of likely N-dealkylation sites (N-methyl/N-ethyl adjacent to an activating group) is 1. The van der Waals surface area contributed by atoms with Gasteiger partial charge < -0.3 is 14.5 Å². The number of benzene rings is 1. The molecule has 3 rings (SSSR count). The molecule has 1 aliphatic rings. The van der Waals surface area contributed by atoms with Gasteiger partial charge in [0.1, 0.15) is 0 Å². The maximum Gasteiger partial charge on any atom is 0.256 e. The molecule has 1 aromatic heterocycles. The number of aromatic nitrogens is 1. The highest BCUT2D eigenvalue weighted by atomic mass is 16.5. The van der Waals surface area contributed by atoms with E-state index in [1.807, 2.05) is 43.3 Å². The van der Waals surface area contributed by atoms with E-state index in [0.29, 0.717) is 26.0 Å². The van der Waals surface area contributed by atoms with Crippen LogP contribution in [0.2, 0.25) is 0 Å². The zero-order valence-electron chi connectivity index (χ0n) is 17.4. The third-order valence-electron chi connectivity index (χ3n) is 5.26. The average molecular weight is 396 g/mol. The van der Waals surface area contributed by atoms with Crippen molar-refractivity contribution in [3.05, 3.63) is 54.4 Å². The van der Waals surface area contributed by atoms with Crippen LogP contribution in [0.4, 0.5) is 0 Å². The van der Waals surface area contributed by atoms with Gasteiger partial charge in [0, 0.05) is 45.9 Å². The third-order valence-corrected chi connectivity index (χ3v) is 5.26. The maximum atomic E-state index is 13.1. The number of hydrogen-bond donors (Lipinski definition) is 0. The van der Waals surface area contributed by atoms with Gasteiger partial charge in [-0.1, -0.05) is 31.2 Å². The van der Waals surface area contributed by atoms with Crippen molar-refractivity contribution in [1.29, 1.82) is 0 Å². The van der Waals surface area contributed by atoms with Crippen LogP contribution in [0.5, 0.6) is 0 Å². The van der Waals surface area contributed by atoms with Crippen LogP contribution >= 0.6 is 0 Å². The van der Waals surface area contributed by atoms with E-state index in [1.54, 1.807) is 36.3 Å². The molecule has 0 spiro atoms. The zero-order chi connectivity index (χ0) is 20.9. The van der Waals surface area contributed by atoms with Crippen molar-refractivity contribution in [1.82, 2.24) is 14.8 Å². The minimum atomic E-state index is -1.05. The molecule has 1 atom stereocenters. The molecular weight excluding hydrogens is 366 g/mol. The average Bonchev–Trinajstić information content (AvgIpc) is 2.74. The second-order valence-electron chi connectivity index (χ2n) is 7.72. The first-order valence-corrected chi connectivity index (χ1v) is 10.1. The van der Waals surface area contributed by atoms with Gasteiger partial charge in [-0.15, -0.1) is 0 Å². The van der Waals surface area contributed by atoms with Crippen molar-refractivity contribution in [3.8, 4) is 11.1 Å². The molecule has 6 heteroatoms. The van der Waals surface area contributed by atoms with E-state index in [1.165, 1.54) is 0 Å². The lowest BCUT2D eigenvalue weighted by atomic mass is 9.90. The van der Waals surface area contributed by atoms with Crippen molar-refractivity contribution >= 4 is 11.8 Å². The minimum absolute atomic E-state index is 0.0831. The van der Waals surface area contributed by atoms with Gasteiger partial charge in [0.15, 0.2) is 5.60 Å². The molecular formula is C23H29N3O3. The molecule has 2 amide bonds. The largest absolute Gasteiger partial charge is 0.361 e. The Balaban J connectivity index is 1.84. The molecule has 0 N–H and O–H groups in total. The summed E-state index contributed by atoms with van der Waals surface area (Å²) >= 11 is 0. The summed E-state index contributed by atoms with van der Waals surface area (Å²) in [5, 5.41) is 0. The molecule has 0 aliphatic carbocycles. The second-order valence-corrected chi connectivity index (χ2v) is 7.72. The summed E-state index contributed by atoms with van der Waals surface area (Å²) in [5.41, 5.74) is 2.13. The number of morpholine rings is 1. The lowest BCUT2D eigenvalue weighted by molar-refractivity contribution is -0.172. The van der Waals surface area contributed by atoms with Gasteiger partial charge in [0.25, 0.3) is 5.91 Å². The molecule has 1 saturated heterocycles. The third kappa shape index (κ3) is 4.82. The Kier molecular flexibility index (Phi) is 6.64. The molecule has 1 fully saturated rings. The van der Waals surface area contributed by atoms with Gasteiger partial charge in [-0.3, -0.25) is 14.6 Å². The molecule has 0 bridgehead atoms. The van der Waals surface area contributed by atoms with Crippen molar-refractivity contribution in [2.45, 2.75) is 31.8 Å². The quantitative estimate of drug-likeness (QED) is 0.755. The smallest absolute Gasteiger partial charge is 0.256 e. The van der Waals surface area contributed by atoms with Crippen molar-refractivity contribution in [3.63, 3.8) is 0 Å². The summed E-state index contributed by atoms with van der Waals surface area (Å²) in [6, 6.07) is 12.1. The highest BCUT2D eigenvalue weighted by Crippen LogP contribution is 2.27. The minimum Gasteiger partial charge on any atom is -0.361 e. The topological polar surface area (TPSA) is 62.7 Å². The molecule has 0 radical (unpaired) electrons. The van der Waals surface area contributed by atoms with E-state index >= 15 is 0 Å². The first-order chi connectivity index (χ1) is 13.9. The van der Waals surface area contributed by atoms with Crippen LogP contribution in [-0.4, -0.2) is 66.0 Å². The molecule has 2 heterocycles. The second kappa shape index (κ2) is 9.18. The van der Waals surface area contributed by atoms with Gasteiger partial charge >= 0.3 is 0 Å². The Hall–Kier alpha value is -2.73. The molecule has 0 unspecified atom stereocenters. The Bertz CT molecular complexity index is 836. The number of amides is 2. The maximum absolute atomic E-state index is 13.1. The Morgan fingerprint density at radius 3 is 2.38 bits per heavy atom. The number of nitrogens with zero attached hydrogens (tertiary/aromatic N) is 3. The standard InChI is InChI=1S/C23H29N3O3/c1-4-5-21(27)26-14-15-29-23(17-26,22(28)25(2)3)16-18-6-8-19(9-7-18)20-10-12-24-13-11-20/h6-13H,4-5,14-17H2,1-3H3/t23-/m0/s1. The summed E-state index contributed by atoms with van der Waals surface area (Å²) in [6.45, 7) is 3.17. The van der Waals surface area contributed by atoms with Gasteiger partial charge in [0.05, 0.1) is 13.2 Å². The van der Waals surface area contributed by atoms with Crippen LogP contribution in [0, 0.1) is 0 Å². The first kappa shape index (κ1) is 21.0. The Morgan fingerprint density at radius 1 is 1.10 bits per heavy atom. The highest BCUT2D eigenvalue weighted by Gasteiger charge is 2.45. The Morgan fingerprint density at radius 2 is 1.76 bits per heavy atom. The Labute approximate surface area is 172 Å². The van der Waals surface area contributed by atoms with Crippen molar-refractivity contribution < 1.29 is 14.3 Å². The summed E-state index contributed by atoms with van der Waals surface area (Å²) in [4.78, 5) is 33.0. The summed E-state index contributed by atoms with van der Waals surface area (Å²) < 4.78 is 6.07. The number of hydrogen-bond acceptors (Lipinski definition) is 4. The highest BCUT2D eigenvalue weighted by molar-refractivity contribution is 5.87. The van der Waals surface area contributed by atoms with E-state index in [9.17, 15) is 9.59 Å². The van der Waals surface area contributed by atoms with Crippen LogP contribution in [-0.2, 0) is 20.7 Å². The lowest BCUT2D eigenvalue weighted by Gasteiger charge is -2.43. The van der Waals surface area contributed by atoms with Crippen LogP contribution < -0.4 is 0 Å². The monoisotopic (exact) mass is 395 g/mol. The van der Waals surface area contributed by atoms with Crippen molar-refractivity contribution in [2.24, 2.45) is 0 Å². The van der Waals surface area contributed by atoms with Gasteiger partial charge in [-0.25, -0.2) is 0 Å². The number of pyridine rings is 1. The fraction of sp³-hybridized carbons (Fsp3) is 0.435. The van der Waals surface area contributed by atoms with Crippen LogP contribution in [0.15, 0.2) is 48.8 Å². The molecule has 1 aromatic carbocycles. The van der Waals surface area contributed by atoms with E-state index in [2.05, 4.69) is 4.98 Å². The molecule has 1 aliphatic heterocycles. The summed E-state index contributed by atoms with van der Waals surface area (Å²) in [7, 11) is 3.46. The molecule has 154 valence electrons. The first-order valence-electron chi connectivity index (χ1n) is 10.1. The van der Waals surface area contributed by atoms with Crippen molar-refractivity contribution in [2.75, 3.05) is 33.8 Å². The zero-order valence-corrected chi connectivity index (χ0v) is 17.4. The number of rotatable bonds is 6. The van der Waals surface area contributed by atoms with E-state index in [-0.39, 0.29) is 18.4 Å². The predicted molar refractivity (Wildman–Crippen MR) is 112 cm³/mol. The summed E-state index contributed by atoms with van der Waals surface area (Å²) in [5.74, 6) is -0.0236. The van der Waals surface area contributed by atoms with E-state index < -0.39 is 5.60 Å². The SMILES string of the molecule is CCCC(=O)N1CCO[C@](Cc2ccc(-c3ccncc3)cc2)(C(=O)N(C)C)C1. The molecule has 2 aromatic rings. The van der Waals surface area contributed by atoms with Gasteiger partial charge in [-0.2, -0.15) is 0 Å². The number of carbonyl (C=O) groups is 2. The molecule has 0 saturated carbocycles. The van der Waals surface area contributed by atoms with Crippen LogP contribution in [0.25, 0.3) is 11.1 Å². The van der Waals surface area contributed by atoms with Crippen LogP contribution in [0.1, 0.15) is 25.3 Å². The normalized spacial score (nSPS) is 19.1.